The standard InChI is InChI=1S/C9H17N3S2/c1-3-5-6-13-7-8-9(10-4-2)14-12-11-8/h10H,3-7H2,1-2H3. The second-order valence-corrected chi connectivity index (χ2v) is 4.84. The molecule has 0 aliphatic rings. The zero-order valence-electron chi connectivity index (χ0n) is 8.75. The van der Waals surface area contributed by atoms with Crippen LogP contribution >= 0.6 is 23.3 Å². The Balaban J connectivity index is 2.30. The molecule has 80 valence electrons. The Kier molecular flexibility index (Phi) is 5.94. The molecule has 0 spiro atoms. The van der Waals surface area contributed by atoms with Gasteiger partial charge in [0.1, 0.15) is 10.7 Å². The molecule has 0 radical (unpaired) electrons. The van der Waals surface area contributed by atoms with Crippen molar-refractivity contribution in [1.29, 1.82) is 0 Å². The molecule has 0 saturated heterocycles. The first kappa shape index (κ1) is 11.8. The molecule has 1 heterocycles. The van der Waals surface area contributed by atoms with Gasteiger partial charge in [-0.05, 0) is 19.1 Å². The molecule has 0 amide bonds. The van der Waals surface area contributed by atoms with Crippen LogP contribution in [0.25, 0.3) is 0 Å². The van der Waals surface area contributed by atoms with Gasteiger partial charge < -0.3 is 5.32 Å². The van der Waals surface area contributed by atoms with Crippen LogP contribution in [-0.2, 0) is 5.75 Å². The van der Waals surface area contributed by atoms with Crippen molar-refractivity contribution in [3.05, 3.63) is 5.69 Å². The molecule has 3 nitrogen and oxygen atoms in total. The second kappa shape index (κ2) is 7.06. The van der Waals surface area contributed by atoms with Crippen molar-refractivity contribution in [2.75, 3.05) is 17.6 Å². The number of thioether (sulfide) groups is 1. The third-order valence-electron chi connectivity index (χ3n) is 1.77. The van der Waals surface area contributed by atoms with Gasteiger partial charge in [-0.1, -0.05) is 17.8 Å². The molecular weight excluding hydrogens is 214 g/mol. The molecule has 0 bridgehead atoms. The van der Waals surface area contributed by atoms with Gasteiger partial charge in [0.25, 0.3) is 0 Å². The lowest BCUT2D eigenvalue weighted by molar-refractivity contribution is 0.895. The molecule has 1 N–H and O–H groups in total. The summed E-state index contributed by atoms with van der Waals surface area (Å²) in [6.07, 6.45) is 2.56. The first-order valence-electron chi connectivity index (χ1n) is 5.01. The normalized spacial score (nSPS) is 10.4. The maximum Gasteiger partial charge on any atom is 0.134 e. The lowest BCUT2D eigenvalue weighted by Crippen LogP contribution is -1.97. The van der Waals surface area contributed by atoms with E-state index in [0.29, 0.717) is 0 Å². The maximum atomic E-state index is 4.12. The largest absolute Gasteiger partial charge is 0.374 e. The Morgan fingerprint density at radius 3 is 3.00 bits per heavy atom. The third kappa shape index (κ3) is 3.84. The summed E-state index contributed by atoms with van der Waals surface area (Å²) in [6, 6.07) is 0. The molecule has 0 saturated carbocycles. The average molecular weight is 231 g/mol. The highest BCUT2D eigenvalue weighted by Crippen LogP contribution is 2.22. The fourth-order valence-corrected chi connectivity index (χ4v) is 2.79. The van der Waals surface area contributed by atoms with Crippen LogP contribution in [0.1, 0.15) is 32.4 Å². The van der Waals surface area contributed by atoms with Crippen molar-refractivity contribution < 1.29 is 0 Å². The smallest absolute Gasteiger partial charge is 0.134 e. The highest BCUT2D eigenvalue weighted by molar-refractivity contribution is 7.98. The Morgan fingerprint density at radius 2 is 2.29 bits per heavy atom. The summed E-state index contributed by atoms with van der Waals surface area (Å²) in [4.78, 5) is 0. The molecule has 14 heavy (non-hydrogen) atoms. The van der Waals surface area contributed by atoms with Crippen molar-refractivity contribution in [1.82, 2.24) is 9.59 Å². The number of hydrogen-bond acceptors (Lipinski definition) is 5. The SMILES string of the molecule is CCCCSCc1nnsc1NCC. The fraction of sp³-hybridized carbons (Fsp3) is 0.778. The zero-order valence-corrected chi connectivity index (χ0v) is 10.4. The van der Waals surface area contributed by atoms with Gasteiger partial charge in [-0.2, -0.15) is 11.8 Å². The predicted molar refractivity (Wildman–Crippen MR) is 65.1 cm³/mol. The van der Waals surface area contributed by atoms with E-state index in [1.54, 1.807) is 0 Å². The lowest BCUT2D eigenvalue weighted by atomic mass is 10.4. The zero-order chi connectivity index (χ0) is 10.2. The minimum absolute atomic E-state index is 0.941. The van der Waals surface area contributed by atoms with Crippen LogP contribution < -0.4 is 5.32 Å². The molecular formula is C9H17N3S2. The number of rotatable bonds is 7. The molecule has 1 aromatic heterocycles. The molecule has 1 rings (SSSR count). The topological polar surface area (TPSA) is 37.8 Å². The summed E-state index contributed by atoms with van der Waals surface area (Å²) in [5, 5.41) is 8.53. The highest BCUT2D eigenvalue weighted by Gasteiger charge is 2.05. The maximum absolute atomic E-state index is 4.12. The van der Waals surface area contributed by atoms with Crippen molar-refractivity contribution in [3.8, 4) is 0 Å². The van der Waals surface area contributed by atoms with E-state index in [4.69, 9.17) is 0 Å². The summed E-state index contributed by atoms with van der Waals surface area (Å²) in [5.74, 6) is 2.21. The van der Waals surface area contributed by atoms with Crippen LogP contribution in [-0.4, -0.2) is 21.9 Å². The van der Waals surface area contributed by atoms with Gasteiger partial charge in [0, 0.05) is 23.8 Å². The molecule has 5 heteroatoms. The molecule has 0 aliphatic heterocycles. The van der Waals surface area contributed by atoms with Gasteiger partial charge in [-0.15, -0.1) is 5.10 Å². The van der Waals surface area contributed by atoms with Crippen molar-refractivity contribution in [2.24, 2.45) is 0 Å². The van der Waals surface area contributed by atoms with Gasteiger partial charge >= 0.3 is 0 Å². The molecule has 0 atom stereocenters. The number of hydrogen-bond donors (Lipinski definition) is 1. The van der Waals surface area contributed by atoms with Crippen LogP contribution in [0.4, 0.5) is 5.00 Å². The molecule has 0 aromatic carbocycles. The Bertz CT molecular complexity index is 250. The van der Waals surface area contributed by atoms with Crippen molar-refractivity contribution in [3.63, 3.8) is 0 Å². The quantitative estimate of drug-likeness (QED) is 0.732. The monoisotopic (exact) mass is 231 g/mol. The van der Waals surface area contributed by atoms with E-state index >= 15 is 0 Å². The molecule has 0 aliphatic carbocycles. The van der Waals surface area contributed by atoms with E-state index in [1.165, 1.54) is 30.1 Å². The Morgan fingerprint density at radius 1 is 1.43 bits per heavy atom. The van der Waals surface area contributed by atoms with Crippen LogP contribution in [0.15, 0.2) is 0 Å². The highest BCUT2D eigenvalue weighted by atomic mass is 32.2. The molecule has 1 aromatic rings. The van der Waals surface area contributed by atoms with E-state index in [0.717, 1.165) is 23.0 Å². The summed E-state index contributed by atoms with van der Waals surface area (Å²) in [7, 11) is 0. The molecule has 0 fully saturated rings. The lowest BCUT2D eigenvalue weighted by Gasteiger charge is -2.01. The van der Waals surface area contributed by atoms with Crippen LogP contribution in [0.3, 0.4) is 0 Å². The van der Waals surface area contributed by atoms with Gasteiger partial charge in [0.15, 0.2) is 0 Å². The Hall–Kier alpha value is -0.290. The third-order valence-corrected chi connectivity index (χ3v) is 3.55. The number of unbranched alkanes of at least 4 members (excludes halogenated alkanes) is 1. The van der Waals surface area contributed by atoms with Crippen molar-refractivity contribution in [2.45, 2.75) is 32.4 Å². The second-order valence-electron chi connectivity index (χ2n) is 2.99. The Labute approximate surface area is 93.8 Å². The summed E-state index contributed by atoms with van der Waals surface area (Å²) < 4.78 is 3.96. The van der Waals surface area contributed by atoms with Gasteiger partial charge in [-0.25, -0.2) is 0 Å². The van der Waals surface area contributed by atoms with Gasteiger partial charge in [-0.3, -0.25) is 0 Å². The van der Waals surface area contributed by atoms with E-state index in [9.17, 15) is 0 Å². The minimum atomic E-state index is 0.941. The van der Waals surface area contributed by atoms with Crippen LogP contribution in [0, 0.1) is 0 Å². The number of aromatic nitrogens is 2. The molecule has 0 unspecified atom stereocenters. The van der Waals surface area contributed by atoms with Crippen LogP contribution in [0.5, 0.6) is 0 Å². The fourth-order valence-electron chi connectivity index (χ4n) is 1.01. The summed E-state index contributed by atoms with van der Waals surface area (Å²) in [6.45, 7) is 5.25. The number of anilines is 1. The van der Waals surface area contributed by atoms with E-state index in [1.807, 2.05) is 11.8 Å². The first-order chi connectivity index (χ1) is 6.88. The van der Waals surface area contributed by atoms with E-state index in [2.05, 4.69) is 28.8 Å². The first-order valence-corrected chi connectivity index (χ1v) is 6.94. The van der Waals surface area contributed by atoms with E-state index < -0.39 is 0 Å². The van der Waals surface area contributed by atoms with Gasteiger partial charge in [0.2, 0.25) is 0 Å². The summed E-state index contributed by atoms with van der Waals surface area (Å²) >= 11 is 3.39. The summed E-state index contributed by atoms with van der Waals surface area (Å²) in [5.41, 5.74) is 1.11. The average Bonchev–Trinajstić information content (AvgIpc) is 2.61. The number of nitrogens with zero attached hydrogens (tertiary/aromatic N) is 2. The van der Waals surface area contributed by atoms with Gasteiger partial charge in [0.05, 0.1) is 0 Å². The number of nitrogens with one attached hydrogen (secondary N) is 1. The predicted octanol–water partition coefficient (Wildman–Crippen LogP) is 3.00. The van der Waals surface area contributed by atoms with Crippen molar-refractivity contribution >= 4 is 28.3 Å². The van der Waals surface area contributed by atoms with Crippen LogP contribution in [0.2, 0.25) is 0 Å². The minimum Gasteiger partial charge on any atom is -0.374 e. The van der Waals surface area contributed by atoms with E-state index in [-0.39, 0.29) is 0 Å².